The summed E-state index contributed by atoms with van der Waals surface area (Å²) in [6.45, 7) is 0. The summed E-state index contributed by atoms with van der Waals surface area (Å²) < 4.78 is 27.9. The monoisotopic (exact) mass is 394 g/mol. The van der Waals surface area contributed by atoms with Gasteiger partial charge in [-0.2, -0.15) is 0 Å². The Balaban J connectivity index is 2.19. The van der Waals surface area contributed by atoms with E-state index in [1.54, 1.807) is 42.5 Å². The molecule has 2 N–H and O–H groups in total. The smallest absolute Gasteiger partial charge is 0.261 e. The second-order valence-corrected chi connectivity index (χ2v) is 7.14. The summed E-state index contributed by atoms with van der Waals surface area (Å²) in [5, 5.41) is 2.47. The first-order valence-electron chi connectivity index (χ1n) is 6.69. The number of hydrogen-bond donors (Lipinski definition) is 2. The molecule has 0 saturated carbocycles. The lowest BCUT2D eigenvalue weighted by molar-refractivity contribution is -0.115. The van der Waals surface area contributed by atoms with Crippen LogP contribution in [0.15, 0.2) is 64.0 Å². The largest absolute Gasteiger partial charge is 0.356 e. The highest BCUT2D eigenvalue weighted by molar-refractivity contribution is 9.10. The number of nitrogens with one attached hydrogen (secondary N) is 2. The summed E-state index contributed by atoms with van der Waals surface area (Å²) in [7, 11) is -2.13. The van der Waals surface area contributed by atoms with Gasteiger partial charge in [0.1, 0.15) is 0 Å². The lowest BCUT2D eigenvalue weighted by Crippen LogP contribution is -2.14. The number of hydrogen-bond acceptors (Lipinski definition) is 3. The topological polar surface area (TPSA) is 75.3 Å². The van der Waals surface area contributed by atoms with Crippen molar-refractivity contribution in [3.8, 4) is 0 Å². The third-order valence-corrected chi connectivity index (χ3v) is 5.06. The molecule has 0 heterocycles. The van der Waals surface area contributed by atoms with Crippen LogP contribution in [0, 0.1) is 0 Å². The lowest BCUT2D eigenvalue weighted by Gasteiger charge is -2.09. The summed E-state index contributed by atoms with van der Waals surface area (Å²) in [6.07, 6.45) is 2.99. The first kappa shape index (κ1) is 17.2. The fourth-order valence-electron chi connectivity index (χ4n) is 1.76. The number of carbonyl (C=O) groups is 1. The van der Waals surface area contributed by atoms with Crippen LogP contribution in [0.5, 0.6) is 0 Å². The fraction of sp³-hybridized carbons (Fsp3) is 0.0625. The molecule has 0 aliphatic carbocycles. The van der Waals surface area contributed by atoms with Crippen LogP contribution in [0.4, 0.5) is 5.69 Å². The summed E-state index contributed by atoms with van der Waals surface area (Å²) >= 11 is 3.30. The summed E-state index contributed by atoms with van der Waals surface area (Å²) in [5.41, 5.74) is 1.20. The van der Waals surface area contributed by atoms with Crippen LogP contribution >= 0.6 is 15.9 Å². The van der Waals surface area contributed by atoms with E-state index < -0.39 is 10.0 Å². The maximum atomic E-state index is 12.4. The quantitative estimate of drug-likeness (QED) is 0.765. The van der Waals surface area contributed by atoms with Crippen molar-refractivity contribution in [1.29, 1.82) is 0 Å². The predicted octanol–water partition coefficient (Wildman–Crippen LogP) is 3.01. The number of amides is 1. The molecular formula is C16H15BrN2O3S. The van der Waals surface area contributed by atoms with Gasteiger partial charge in [-0.3, -0.25) is 9.52 Å². The van der Waals surface area contributed by atoms with Crippen molar-refractivity contribution in [2.75, 3.05) is 11.8 Å². The Morgan fingerprint density at radius 2 is 1.74 bits per heavy atom. The molecule has 120 valence electrons. The van der Waals surface area contributed by atoms with E-state index in [0.29, 0.717) is 10.2 Å². The van der Waals surface area contributed by atoms with E-state index in [2.05, 4.69) is 26.0 Å². The highest BCUT2D eigenvalue weighted by Gasteiger charge is 2.15. The number of carbonyl (C=O) groups excluding carboxylic acids is 1. The first-order valence-corrected chi connectivity index (χ1v) is 8.97. The van der Waals surface area contributed by atoms with E-state index in [1.807, 2.05) is 0 Å². The molecule has 2 rings (SSSR count). The van der Waals surface area contributed by atoms with E-state index >= 15 is 0 Å². The first-order chi connectivity index (χ1) is 10.9. The zero-order valence-electron chi connectivity index (χ0n) is 12.3. The number of sulfonamides is 1. The van der Waals surface area contributed by atoms with Gasteiger partial charge in [-0.1, -0.05) is 24.3 Å². The predicted molar refractivity (Wildman–Crippen MR) is 94.5 cm³/mol. The van der Waals surface area contributed by atoms with Crippen molar-refractivity contribution in [1.82, 2.24) is 5.32 Å². The van der Waals surface area contributed by atoms with Crippen LogP contribution in [0.1, 0.15) is 5.56 Å². The average Bonchev–Trinajstić information content (AvgIpc) is 2.55. The number of halogens is 1. The van der Waals surface area contributed by atoms with Crippen molar-refractivity contribution in [3.05, 3.63) is 64.6 Å². The number of para-hydroxylation sites is 1. The van der Waals surface area contributed by atoms with Crippen LogP contribution < -0.4 is 10.0 Å². The second kappa shape index (κ2) is 7.43. The molecule has 1 amide bonds. The molecule has 0 fully saturated rings. The molecule has 0 atom stereocenters. The van der Waals surface area contributed by atoms with E-state index in [0.717, 1.165) is 5.56 Å². The van der Waals surface area contributed by atoms with Gasteiger partial charge in [-0.25, -0.2) is 8.42 Å². The van der Waals surface area contributed by atoms with Crippen LogP contribution in [0.25, 0.3) is 6.08 Å². The summed E-state index contributed by atoms with van der Waals surface area (Å²) in [6, 6.07) is 13.2. The van der Waals surface area contributed by atoms with Gasteiger partial charge in [-0.15, -0.1) is 0 Å². The Kier molecular flexibility index (Phi) is 5.57. The minimum Gasteiger partial charge on any atom is -0.356 e. The van der Waals surface area contributed by atoms with E-state index in [4.69, 9.17) is 0 Å². The molecular weight excluding hydrogens is 380 g/mol. The number of anilines is 1. The van der Waals surface area contributed by atoms with Crippen molar-refractivity contribution in [2.45, 2.75) is 4.90 Å². The Morgan fingerprint density at radius 3 is 2.35 bits per heavy atom. The Labute approximate surface area is 143 Å². The van der Waals surface area contributed by atoms with Gasteiger partial charge >= 0.3 is 0 Å². The Bertz CT molecular complexity index is 831. The molecule has 2 aromatic carbocycles. The molecule has 0 bridgehead atoms. The van der Waals surface area contributed by atoms with Crippen molar-refractivity contribution in [2.24, 2.45) is 0 Å². The molecule has 0 aliphatic heterocycles. The van der Waals surface area contributed by atoms with E-state index in [9.17, 15) is 13.2 Å². The molecule has 0 spiro atoms. The van der Waals surface area contributed by atoms with Gasteiger partial charge in [0.15, 0.2) is 0 Å². The van der Waals surface area contributed by atoms with Gasteiger partial charge in [0.05, 0.1) is 10.6 Å². The Morgan fingerprint density at radius 1 is 1.09 bits per heavy atom. The highest BCUT2D eigenvalue weighted by atomic mass is 79.9. The molecule has 2 aromatic rings. The Hall–Kier alpha value is -2.12. The van der Waals surface area contributed by atoms with Crippen molar-refractivity contribution < 1.29 is 13.2 Å². The van der Waals surface area contributed by atoms with Crippen molar-refractivity contribution >= 4 is 43.6 Å². The maximum absolute atomic E-state index is 12.4. The second-order valence-electron chi connectivity index (χ2n) is 4.60. The normalized spacial score (nSPS) is 11.4. The third kappa shape index (κ3) is 4.67. The molecule has 5 nitrogen and oxygen atoms in total. The number of rotatable bonds is 5. The fourth-order valence-corrected chi connectivity index (χ4v) is 3.36. The zero-order valence-corrected chi connectivity index (χ0v) is 14.7. The molecule has 0 saturated heterocycles. The minimum atomic E-state index is -3.67. The minimum absolute atomic E-state index is 0.144. The molecule has 0 radical (unpaired) electrons. The van der Waals surface area contributed by atoms with Crippen LogP contribution in [0.3, 0.4) is 0 Å². The van der Waals surface area contributed by atoms with Crippen LogP contribution in [-0.2, 0) is 14.8 Å². The number of benzene rings is 2. The van der Waals surface area contributed by atoms with E-state index in [-0.39, 0.29) is 10.8 Å². The summed E-state index contributed by atoms with van der Waals surface area (Å²) in [4.78, 5) is 11.3. The van der Waals surface area contributed by atoms with Gasteiger partial charge in [0.2, 0.25) is 5.91 Å². The molecule has 7 heteroatoms. The van der Waals surface area contributed by atoms with Crippen molar-refractivity contribution in [3.63, 3.8) is 0 Å². The van der Waals surface area contributed by atoms with Crippen LogP contribution in [0.2, 0.25) is 0 Å². The summed E-state index contributed by atoms with van der Waals surface area (Å²) in [5.74, 6) is -0.225. The average molecular weight is 395 g/mol. The van der Waals surface area contributed by atoms with Crippen LogP contribution in [-0.4, -0.2) is 21.4 Å². The standard InChI is InChI=1S/C16H15BrN2O3S/c1-18-16(20)11-8-12-6-9-13(10-7-12)23(21,22)19-15-5-3-2-4-14(15)17/h2-11,19H,1H3,(H,18,20)/b11-8+. The molecule has 0 unspecified atom stereocenters. The lowest BCUT2D eigenvalue weighted by atomic mass is 10.2. The van der Waals surface area contributed by atoms with Gasteiger partial charge in [0, 0.05) is 17.6 Å². The zero-order chi connectivity index (χ0) is 16.9. The SMILES string of the molecule is CNC(=O)/C=C/c1ccc(S(=O)(=O)Nc2ccccc2Br)cc1. The molecule has 23 heavy (non-hydrogen) atoms. The van der Waals surface area contributed by atoms with Gasteiger partial charge < -0.3 is 5.32 Å². The highest BCUT2D eigenvalue weighted by Crippen LogP contribution is 2.24. The van der Waals surface area contributed by atoms with Gasteiger partial charge in [0.25, 0.3) is 10.0 Å². The maximum Gasteiger partial charge on any atom is 0.261 e. The van der Waals surface area contributed by atoms with E-state index in [1.165, 1.54) is 25.3 Å². The number of likely N-dealkylation sites (N-methyl/N-ethyl adjacent to an activating group) is 1. The molecule has 0 aromatic heterocycles. The molecule has 0 aliphatic rings. The van der Waals surface area contributed by atoms with Gasteiger partial charge in [-0.05, 0) is 51.8 Å². The third-order valence-electron chi connectivity index (χ3n) is 2.98.